The van der Waals surface area contributed by atoms with E-state index in [4.69, 9.17) is 0 Å². The second kappa shape index (κ2) is 6.31. The van der Waals surface area contributed by atoms with Gasteiger partial charge in [-0.05, 0) is 61.1 Å². The molecule has 1 amide bonds. The molecule has 0 radical (unpaired) electrons. The van der Waals surface area contributed by atoms with Crippen molar-refractivity contribution in [2.24, 2.45) is 0 Å². The number of likely N-dealkylation sites (tertiary alicyclic amines) is 1. The minimum atomic E-state index is 0.127. The van der Waals surface area contributed by atoms with Crippen molar-refractivity contribution in [3.8, 4) is 0 Å². The fraction of sp³-hybridized carbons (Fsp3) is 0.294. The number of rotatable bonds is 3. The van der Waals surface area contributed by atoms with Crippen LogP contribution in [0.25, 0.3) is 0 Å². The van der Waals surface area contributed by atoms with E-state index in [9.17, 15) is 4.79 Å². The van der Waals surface area contributed by atoms with Crippen LogP contribution in [0.3, 0.4) is 0 Å². The number of nitrogens with zero attached hydrogens (tertiary/aromatic N) is 2. The summed E-state index contributed by atoms with van der Waals surface area (Å²) in [6, 6.07) is 12.1. The summed E-state index contributed by atoms with van der Waals surface area (Å²) in [6.07, 6.45) is 7.71. The highest BCUT2D eigenvalue weighted by atomic mass is 32.2. The van der Waals surface area contributed by atoms with Crippen LogP contribution in [0.2, 0.25) is 0 Å². The summed E-state index contributed by atoms with van der Waals surface area (Å²) in [7, 11) is 0. The molecule has 1 fully saturated rings. The maximum Gasteiger partial charge on any atom is 0.254 e. The number of thioether (sulfide) groups is 1. The fourth-order valence-electron chi connectivity index (χ4n) is 2.84. The number of hydrogen-bond acceptors (Lipinski definition) is 3. The molecule has 1 unspecified atom stereocenters. The molecule has 1 atom stereocenters. The Hall–Kier alpha value is -1.81. The van der Waals surface area contributed by atoms with Crippen molar-refractivity contribution in [1.82, 2.24) is 9.88 Å². The van der Waals surface area contributed by atoms with Crippen LogP contribution in [0.15, 0.2) is 53.7 Å². The van der Waals surface area contributed by atoms with E-state index in [0.29, 0.717) is 0 Å². The Kier molecular flexibility index (Phi) is 4.25. The van der Waals surface area contributed by atoms with Crippen molar-refractivity contribution >= 4 is 17.7 Å². The molecule has 1 aliphatic rings. The lowest BCUT2D eigenvalue weighted by Crippen LogP contribution is -2.30. The van der Waals surface area contributed by atoms with Crippen LogP contribution >= 0.6 is 11.8 Å². The van der Waals surface area contributed by atoms with Crippen LogP contribution < -0.4 is 0 Å². The lowest BCUT2D eigenvalue weighted by atomic mass is 10.1. The third-order valence-corrected chi connectivity index (χ3v) is 4.69. The van der Waals surface area contributed by atoms with Crippen molar-refractivity contribution in [1.29, 1.82) is 0 Å². The van der Waals surface area contributed by atoms with Gasteiger partial charge in [-0.1, -0.05) is 0 Å². The smallest absolute Gasteiger partial charge is 0.254 e. The summed E-state index contributed by atoms with van der Waals surface area (Å²) in [6.45, 7) is 0.829. The summed E-state index contributed by atoms with van der Waals surface area (Å²) in [5.74, 6) is 0.127. The van der Waals surface area contributed by atoms with Crippen LogP contribution in [0.1, 0.15) is 34.8 Å². The molecular weight excluding hydrogens is 280 g/mol. The van der Waals surface area contributed by atoms with Gasteiger partial charge in [0, 0.05) is 29.4 Å². The molecule has 0 aliphatic carbocycles. The van der Waals surface area contributed by atoms with Gasteiger partial charge in [0.25, 0.3) is 5.91 Å². The Morgan fingerprint density at radius 1 is 1.19 bits per heavy atom. The van der Waals surface area contributed by atoms with Gasteiger partial charge in [-0.25, -0.2) is 0 Å². The Morgan fingerprint density at radius 3 is 2.57 bits per heavy atom. The monoisotopic (exact) mass is 298 g/mol. The number of aromatic nitrogens is 1. The predicted molar refractivity (Wildman–Crippen MR) is 85.5 cm³/mol. The maximum absolute atomic E-state index is 12.7. The lowest BCUT2D eigenvalue weighted by molar-refractivity contribution is 0.0735. The van der Waals surface area contributed by atoms with Crippen molar-refractivity contribution in [2.45, 2.75) is 23.8 Å². The number of amides is 1. The Balaban J connectivity index is 1.82. The molecule has 108 valence electrons. The van der Waals surface area contributed by atoms with Crippen molar-refractivity contribution < 1.29 is 4.79 Å². The highest BCUT2D eigenvalue weighted by Gasteiger charge is 2.30. The summed E-state index contributed by atoms with van der Waals surface area (Å²) in [5.41, 5.74) is 1.95. The number of carbonyl (C=O) groups excluding carboxylic acids is 1. The van der Waals surface area contributed by atoms with Gasteiger partial charge < -0.3 is 4.90 Å². The zero-order chi connectivity index (χ0) is 14.7. The molecule has 3 nitrogen and oxygen atoms in total. The molecule has 2 heterocycles. The molecule has 1 aliphatic heterocycles. The molecule has 2 aromatic rings. The van der Waals surface area contributed by atoms with Gasteiger partial charge in [0.1, 0.15) is 0 Å². The average Bonchev–Trinajstić information content (AvgIpc) is 3.04. The standard InChI is InChI=1S/C17H18N2OS/c1-21-15-6-4-14(5-7-15)17(20)19-12-2-3-16(19)13-8-10-18-11-9-13/h4-11,16H,2-3,12H2,1H3. The summed E-state index contributed by atoms with van der Waals surface area (Å²) in [5, 5.41) is 0. The quantitative estimate of drug-likeness (QED) is 0.809. The second-order valence-corrected chi connectivity index (χ2v) is 6.05. The van der Waals surface area contributed by atoms with E-state index in [1.807, 2.05) is 47.6 Å². The van der Waals surface area contributed by atoms with Crippen LogP contribution in [0.4, 0.5) is 0 Å². The normalized spacial score (nSPS) is 18.0. The minimum Gasteiger partial charge on any atom is -0.332 e. The molecule has 0 bridgehead atoms. The predicted octanol–water partition coefficient (Wildman–Crippen LogP) is 3.78. The van der Waals surface area contributed by atoms with E-state index in [0.717, 1.165) is 24.9 Å². The molecule has 3 rings (SSSR count). The molecule has 4 heteroatoms. The van der Waals surface area contributed by atoms with Gasteiger partial charge in [0.2, 0.25) is 0 Å². The summed E-state index contributed by atoms with van der Waals surface area (Å²) in [4.78, 5) is 20.0. The molecule has 0 spiro atoms. The van der Waals surface area contributed by atoms with Crippen molar-refractivity contribution in [3.63, 3.8) is 0 Å². The van der Waals surface area contributed by atoms with Gasteiger partial charge in [-0.15, -0.1) is 11.8 Å². The van der Waals surface area contributed by atoms with Gasteiger partial charge in [-0.3, -0.25) is 9.78 Å². The van der Waals surface area contributed by atoms with E-state index >= 15 is 0 Å². The van der Waals surface area contributed by atoms with Crippen LogP contribution in [-0.4, -0.2) is 28.6 Å². The average molecular weight is 298 g/mol. The molecule has 0 saturated carbocycles. The molecule has 1 saturated heterocycles. The third-order valence-electron chi connectivity index (χ3n) is 3.94. The van der Waals surface area contributed by atoms with Crippen LogP contribution in [0.5, 0.6) is 0 Å². The lowest BCUT2D eigenvalue weighted by Gasteiger charge is -2.25. The van der Waals surface area contributed by atoms with Crippen LogP contribution in [-0.2, 0) is 0 Å². The largest absolute Gasteiger partial charge is 0.332 e. The SMILES string of the molecule is CSc1ccc(C(=O)N2CCCC2c2ccncc2)cc1. The molecule has 1 aromatic heterocycles. The minimum absolute atomic E-state index is 0.127. The van der Waals surface area contributed by atoms with E-state index in [2.05, 4.69) is 4.98 Å². The topological polar surface area (TPSA) is 33.2 Å². The molecular formula is C17H18N2OS. The number of benzene rings is 1. The van der Waals surface area contributed by atoms with Crippen molar-refractivity contribution in [3.05, 3.63) is 59.9 Å². The second-order valence-electron chi connectivity index (χ2n) is 5.17. The van der Waals surface area contributed by atoms with Crippen LogP contribution in [0, 0.1) is 0 Å². The number of pyridine rings is 1. The third kappa shape index (κ3) is 2.95. The highest BCUT2D eigenvalue weighted by molar-refractivity contribution is 7.98. The summed E-state index contributed by atoms with van der Waals surface area (Å²) >= 11 is 1.69. The van der Waals surface area contributed by atoms with Gasteiger partial charge >= 0.3 is 0 Å². The summed E-state index contributed by atoms with van der Waals surface area (Å²) < 4.78 is 0. The Morgan fingerprint density at radius 2 is 1.90 bits per heavy atom. The molecule has 1 aromatic carbocycles. The van der Waals surface area contributed by atoms with Gasteiger partial charge in [0.15, 0.2) is 0 Å². The maximum atomic E-state index is 12.7. The first-order chi connectivity index (χ1) is 10.3. The van der Waals surface area contributed by atoms with E-state index in [1.165, 1.54) is 10.5 Å². The first-order valence-corrected chi connectivity index (χ1v) is 8.37. The molecule has 21 heavy (non-hydrogen) atoms. The highest BCUT2D eigenvalue weighted by Crippen LogP contribution is 2.32. The Labute approximate surface area is 129 Å². The van der Waals surface area contributed by atoms with Gasteiger partial charge in [-0.2, -0.15) is 0 Å². The number of carbonyl (C=O) groups is 1. The Bertz CT molecular complexity index is 612. The fourth-order valence-corrected chi connectivity index (χ4v) is 3.25. The molecule has 0 N–H and O–H groups in total. The van der Waals surface area contributed by atoms with E-state index in [-0.39, 0.29) is 11.9 Å². The van der Waals surface area contributed by atoms with Gasteiger partial charge in [0.05, 0.1) is 6.04 Å². The van der Waals surface area contributed by atoms with E-state index < -0.39 is 0 Å². The zero-order valence-corrected chi connectivity index (χ0v) is 12.8. The first-order valence-electron chi connectivity index (χ1n) is 7.14. The van der Waals surface area contributed by atoms with Crippen molar-refractivity contribution in [2.75, 3.05) is 12.8 Å². The van der Waals surface area contributed by atoms with E-state index in [1.54, 1.807) is 24.2 Å². The number of hydrogen-bond donors (Lipinski definition) is 0. The first kappa shape index (κ1) is 14.1. The zero-order valence-electron chi connectivity index (χ0n) is 12.0.